The smallest absolute Gasteiger partial charge is 0.254 e. The topological polar surface area (TPSA) is 66.4 Å². The average Bonchev–Trinajstić information content (AvgIpc) is 2.64. The molecule has 0 unspecified atom stereocenters. The number of hydrogen-bond acceptors (Lipinski definition) is 6. The molecule has 1 heterocycles. The Morgan fingerprint density at radius 1 is 1.36 bits per heavy atom. The fraction of sp³-hybridized carbons (Fsp3) is 0.556. The number of ether oxygens (including phenoxy) is 2. The molecule has 0 atom stereocenters. The first kappa shape index (κ1) is 19.2. The number of hydrogen-bond donors (Lipinski definition) is 1. The third-order valence-corrected chi connectivity index (χ3v) is 4.21. The van der Waals surface area contributed by atoms with Crippen LogP contribution >= 0.6 is 0 Å². The first-order valence-electron chi connectivity index (χ1n) is 8.72. The maximum Gasteiger partial charge on any atom is 0.254 e. The summed E-state index contributed by atoms with van der Waals surface area (Å²) in [6.07, 6.45) is 1.61. The second-order valence-corrected chi connectivity index (χ2v) is 5.78. The molecule has 0 aliphatic carbocycles. The third-order valence-electron chi connectivity index (χ3n) is 4.21. The first-order valence-corrected chi connectivity index (χ1v) is 8.72. The third kappa shape index (κ3) is 5.72. The number of nitrogens with one attached hydrogen (secondary N) is 1. The largest absolute Gasteiger partial charge is 0.496 e. The van der Waals surface area contributed by atoms with Crippen molar-refractivity contribution in [3.63, 3.8) is 0 Å². The van der Waals surface area contributed by atoms with Crippen LogP contribution in [0.25, 0.3) is 0 Å². The van der Waals surface area contributed by atoms with Gasteiger partial charge in [0, 0.05) is 43.5 Å². The summed E-state index contributed by atoms with van der Waals surface area (Å²) in [7, 11) is 1.63. The predicted molar refractivity (Wildman–Crippen MR) is 99.6 cm³/mol. The van der Waals surface area contributed by atoms with E-state index in [0.29, 0.717) is 19.8 Å². The van der Waals surface area contributed by atoms with Gasteiger partial charge in [0.2, 0.25) is 0 Å². The number of amides is 1. The van der Waals surface area contributed by atoms with Crippen LogP contribution in [0.4, 0.5) is 5.69 Å². The molecular weight excluding hydrogens is 320 g/mol. The summed E-state index contributed by atoms with van der Waals surface area (Å²) in [6, 6.07) is 5.97. The molecule has 0 spiro atoms. The van der Waals surface area contributed by atoms with Crippen LogP contribution in [0.2, 0.25) is 0 Å². The molecule has 25 heavy (non-hydrogen) atoms. The molecular formula is C18H28N4O3. The van der Waals surface area contributed by atoms with E-state index in [1.807, 2.05) is 23.1 Å². The molecule has 0 bridgehead atoms. The Kier molecular flexibility index (Phi) is 7.69. The number of carbonyl (C=O) groups excluding carboxylic acids is 1. The summed E-state index contributed by atoms with van der Waals surface area (Å²) < 4.78 is 10.7. The van der Waals surface area contributed by atoms with Crippen molar-refractivity contribution in [3.05, 3.63) is 23.8 Å². The van der Waals surface area contributed by atoms with Crippen LogP contribution < -0.4 is 15.1 Å². The number of morpholine rings is 1. The van der Waals surface area contributed by atoms with Crippen molar-refractivity contribution >= 4 is 17.8 Å². The van der Waals surface area contributed by atoms with E-state index < -0.39 is 0 Å². The van der Waals surface area contributed by atoms with Crippen LogP contribution in [-0.2, 0) is 9.53 Å². The Labute approximate surface area is 149 Å². The molecule has 0 radical (unpaired) electrons. The molecule has 1 N–H and O–H groups in total. The maximum atomic E-state index is 11.9. The minimum atomic E-state index is -0.128. The van der Waals surface area contributed by atoms with E-state index >= 15 is 0 Å². The van der Waals surface area contributed by atoms with E-state index in [2.05, 4.69) is 29.3 Å². The highest BCUT2D eigenvalue weighted by atomic mass is 16.5. The van der Waals surface area contributed by atoms with Crippen LogP contribution in [-0.4, -0.2) is 70.1 Å². The van der Waals surface area contributed by atoms with E-state index in [0.717, 1.165) is 43.2 Å². The van der Waals surface area contributed by atoms with Gasteiger partial charge in [-0.1, -0.05) is 0 Å². The number of benzene rings is 1. The summed E-state index contributed by atoms with van der Waals surface area (Å²) in [4.78, 5) is 16.2. The van der Waals surface area contributed by atoms with E-state index in [4.69, 9.17) is 9.47 Å². The van der Waals surface area contributed by atoms with Gasteiger partial charge < -0.3 is 14.4 Å². The monoisotopic (exact) mass is 348 g/mol. The molecule has 0 aromatic heterocycles. The van der Waals surface area contributed by atoms with Gasteiger partial charge >= 0.3 is 0 Å². The molecule has 1 aliphatic rings. The molecule has 1 aliphatic heterocycles. The molecule has 1 amide bonds. The van der Waals surface area contributed by atoms with E-state index in [1.165, 1.54) is 0 Å². The Morgan fingerprint density at radius 2 is 2.08 bits per heavy atom. The van der Waals surface area contributed by atoms with Gasteiger partial charge in [0.25, 0.3) is 5.91 Å². The molecule has 0 saturated carbocycles. The number of nitrogens with zero attached hydrogens (tertiary/aromatic N) is 3. The summed E-state index contributed by atoms with van der Waals surface area (Å²) in [5.41, 5.74) is 4.50. The zero-order valence-corrected chi connectivity index (χ0v) is 15.3. The van der Waals surface area contributed by atoms with E-state index in [-0.39, 0.29) is 5.91 Å². The van der Waals surface area contributed by atoms with Gasteiger partial charge in [0.15, 0.2) is 0 Å². The number of rotatable bonds is 8. The molecule has 2 rings (SSSR count). The number of anilines is 1. The highest BCUT2D eigenvalue weighted by Gasteiger charge is 2.13. The van der Waals surface area contributed by atoms with Gasteiger partial charge in [0.1, 0.15) is 5.75 Å². The lowest BCUT2D eigenvalue weighted by Crippen LogP contribution is -2.42. The van der Waals surface area contributed by atoms with Crippen molar-refractivity contribution < 1.29 is 14.3 Å². The van der Waals surface area contributed by atoms with Crippen molar-refractivity contribution in [1.82, 2.24) is 10.3 Å². The van der Waals surface area contributed by atoms with Crippen LogP contribution in [0.15, 0.2) is 23.3 Å². The quantitative estimate of drug-likeness (QED) is 0.567. The molecule has 1 saturated heterocycles. The van der Waals surface area contributed by atoms with Gasteiger partial charge in [-0.2, -0.15) is 5.10 Å². The lowest BCUT2D eigenvalue weighted by atomic mass is 10.2. The Morgan fingerprint density at radius 3 is 2.72 bits per heavy atom. The Bertz CT molecular complexity index is 582. The van der Waals surface area contributed by atoms with Gasteiger partial charge in [0.05, 0.1) is 33.1 Å². The number of methoxy groups -OCH3 is 1. The van der Waals surface area contributed by atoms with E-state index in [9.17, 15) is 4.79 Å². The van der Waals surface area contributed by atoms with Crippen molar-refractivity contribution in [2.75, 3.05) is 57.9 Å². The van der Waals surface area contributed by atoms with E-state index in [1.54, 1.807) is 13.3 Å². The summed E-state index contributed by atoms with van der Waals surface area (Å²) in [6.45, 7) is 9.34. The summed E-state index contributed by atoms with van der Waals surface area (Å²) >= 11 is 0. The highest BCUT2D eigenvalue weighted by Crippen LogP contribution is 2.24. The molecule has 7 nitrogen and oxygen atoms in total. The van der Waals surface area contributed by atoms with Crippen molar-refractivity contribution in [1.29, 1.82) is 0 Å². The zero-order valence-electron chi connectivity index (χ0n) is 15.3. The molecule has 7 heteroatoms. The maximum absolute atomic E-state index is 11.9. The van der Waals surface area contributed by atoms with Crippen LogP contribution in [0.3, 0.4) is 0 Å². The summed E-state index contributed by atoms with van der Waals surface area (Å²) in [5, 5.41) is 4.05. The second kappa shape index (κ2) is 10.0. The Hall–Kier alpha value is -2.12. The fourth-order valence-corrected chi connectivity index (χ4v) is 2.76. The van der Waals surface area contributed by atoms with Gasteiger partial charge in [-0.25, -0.2) is 5.43 Å². The minimum Gasteiger partial charge on any atom is -0.496 e. The first-order chi connectivity index (χ1) is 12.2. The second-order valence-electron chi connectivity index (χ2n) is 5.78. The minimum absolute atomic E-state index is 0.128. The van der Waals surface area contributed by atoms with Gasteiger partial charge in [-0.05, 0) is 26.0 Å². The average molecular weight is 348 g/mol. The number of hydrazone groups is 1. The zero-order chi connectivity index (χ0) is 18.1. The van der Waals surface area contributed by atoms with Crippen molar-refractivity contribution in [2.24, 2.45) is 5.10 Å². The van der Waals surface area contributed by atoms with Gasteiger partial charge in [-0.15, -0.1) is 0 Å². The van der Waals surface area contributed by atoms with Crippen LogP contribution in [0, 0.1) is 0 Å². The van der Waals surface area contributed by atoms with Crippen molar-refractivity contribution in [3.8, 4) is 5.75 Å². The lowest BCUT2D eigenvalue weighted by molar-refractivity contribution is -0.123. The molecule has 1 aromatic rings. The normalized spacial score (nSPS) is 15.3. The standard InChI is InChI=1S/C18H28N4O3/c1-4-22(5-2)16-7-6-15(17(12-16)24-3)13-19-20-18(23)14-21-8-10-25-11-9-21/h6-7,12-13H,4-5,8-11,14H2,1-3H3,(H,20,23)/b19-13-. The SMILES string of the molecule is CCN(CC)c1ccc(/C=N\NC(=O)CN2CCOCC2)c(OC)c1. The van der Waals surface area contributed by atoms with Crippen LogP contribution in [0.1, 0.15) is 19.4 Å². The highest BCUT2D eigenvalue weighted by molar-refractivity contribution is 5.86. The van der Waals surface area contributed by atoms with Gasteiger partial charge in [-0.3, -0.25) is 9.69 Å². The predicted octanol–water partition coefficient (Wildman–Crippen LogP) is 1.32. The lowest BCUT2D eigenvalue weighted by Gasteiger charge is -2.25. The number of carbonyl (C=O) groups is 1. The molecule has 138 valence electrons. The summed E-state index contributed by atoms with van der Waals surface area (Å²) in [5.74, 6) is 0.604. The molecule has 1 fully saturated rings. The van der Waals surface area contributed by atoms with Crippen molar-refractivity contribution in [2.45, 2.75) is 13.8 Å². The fourth-order valence-electron chi connectivity index (χ4n) is 2.76. The van der Waals surface area contributed by atoms with Crippen LogP contribution in [0.5, 0.6) is 5.75 Å². The Balaban J connectivity index is 1.94. The molecule has 1 aromatic carbocycles.